The first-order chi connectivity index (χ1) is 13.1. The molecule has 154 valence electrons. The van der Waals surface area contributed by atoms with Crippen molar-refractivity contribution in [2.45, 2.75) is 72.0 Å². The third-order valence-electron chi connectivity index (χ3n) is 6.55. The van der Waals surface area contributed by atoms with Crippen molar-refractivity contribution in [2.24, 2.45) is 5.92 Å². The van der Waals surface area contributed by atoms with Crippen LogP contribution in [0.1, 0.15) is 65.0 Å². The molecule has 0 bridgehead atoms. The summed E-state index contributed by atoms with van der Waals surface area (Å²) in [5.74, 6) is 0.0554. The Hall–Kier alpha value is -1.17. The zero-order chi connectivity index (χ0) is 20.5. The first kappa shape index (κ1) is 21.5. The lowest BCUT2D eigenvalue weighted by atomic mass is 9.78. The average Bonchev–Trinajstić information content (AvgIpc) is 2.85. The van der Waals surface area contributed by atoms with Crippen molar-refractivity contribution in [2.75, 3.05) is 19.6 Å². The molecular weight excluding hydrogens is 352 g/mol. The predicted molar refractivity (Wildman–Crippen MR) is 115 cm³/mol. The number of hydrogen-bond acceptors (Lipinski definition) is 3. The molecule has 2 saturated heterocycles. The zero-order valence-corrected chi connectivity index (χ0v) is 18.3. The predicted octanol–water partition coefficient (Wildman–Crippen LogP) is 5.43. The smallest absolute Gasteiger partial charge is 0.398 e. The van der Waals surface area contributed by atoms with E-state index in [4.69, 9.17) is 9.31 Å². The minimum absolute atomic E-state index is 0.0554. The maximum atomic E-state index is 15.9. The van der Waals surface area contributed by atoms with Crippen LogP contribution >= 0.6 is 0 Å². The SMILES string of the molecule is Cc1ccc(C(=C(F)B2OC(C)(C)C(C)(C)O2)C(C)CN2CCCCC2)cc1. The van der Waals surface area contributed by atoms with Crippen LogP contribution in [0.15, 0.2) is 30.0 Å². The quantitative estimate of drug-likeness (QED) is 0.629. The summed E-state index contributed by atoms with van der Waals surface area (Å²) in [6.45, 7) is 15.1. The number of hydrogen-bond donors (Lipinski definition) is 0. The van der Waals surface area contributed by atoms with E-state index in [9.17, 15) is 0 Å². The van der Waals surface area contributed by atoms with Gasteiger partial charge in [0.2, 0.25) is 0 Å². The molecule has 1 aromatic rings. The third kappa shape index (κ3) is 4.53. The van der Waals surface area contributed by atoms with Gasteiger partial charge in [-0.15, -0.1) is 0 Å². The molecular formula is C23H35BFNO2. The number of halogens is 1. The van der Waals surface area contributed by atoms with E-state index in [1.165, 1.54) is 24.8 Å². The highest BCUT2D eigenvalue weighted by Gasteiger charge is 2.53. The normalized spacial score (nSPS) is 24.2. The number of likely N-dealkylation sites (tertiary alicyclic amines) is 1. The number of benzene rings is 1. The monoisotopic (exact) mass is 387 g/mol. The summed E-state index contributed by atoms with van der Waals surface area (Å²) in [4.78, 5) is 2.46. The van der Waals surface area contributed by atoms with Gasteiger partial charge < -0.3 is 14.2 Å². The van der Waals surface area contributed by atoms with Gasteiger partial charge in [-0.25, -0.2) is 4.39 Å². The molecule has 0 spiro atoms. The van der Waals surface area contributed by atoms with E-state index < -0.39 is 18.3 Å². The van der Waals surface area contributed by atoms with Crippen LogP contribution in [0.3, 0.4) is 0 Å². The lowest BCUT2D eigenvalue weighted by Gasteiger charge is -2.32. The fourth-order valence-corrected chi connectivity index (χ4v) is 4.08. The second kappa shape index (κ2) is 8.29. The van der Waals surface area contributed by atoms with E-state index in [0.29, 0.717) is 5.57 Å². The lowest BCUT2D eigenvalue weighted by molar-refractivity contribution is 0.00578. The van der Waals surface area contributed by atoms with Crippen molar-refractivity contribution >= 4 is 12.7 Å². The van der Waals surface area contributed by atoms with E-state index in [-0.39, 0.29) is 11.6 Å². The van der Waals surface area contributed by atoms with Crippen LogP contribution < -0.4 is 0 Å². The maximum absolute atomic E-state index is 15.9. The van der Waals surface area contributed by atoms with Gasteiger partial charge in [0, 0.05) is 6.54 Å². The van der Waals surface area contributed by atoms with Gasteiger partial charge in [-0.3, -0.25) is 0 Å². The zero-order valence-electron chi connectivity index (χ0n) is 18.3. The first-order valence-electron chi connectivity index (χ1n) is 10.7. The largest absolute Gasteiger partial charge is 0.525 e. The summed E-state index contributed by atoms with van der Waals surface area (Å²) in [5, 5.41) is 0. The Balaban J connectivity index is 1.93. The Morgan fingerprint density at radius 3 is 2.11 bits per heavy atom. The van der Waals surface area contributed by atoms with E-state index >= 15 is 4.39 Å². The van der Waals surface area contributed by atoms with Crippen LogP contribution in [0.2, 0.25) is 0 Å². The Morgan fingerprint density at radius 2 is 1.57 bits per heavy atom. The van der Waals surface area contributed by atoms with Crippen LogP contribution in [0.4, 0.5) is 4.39 Å². The van der Waals surface area contributed by atoms with Crippen LogP contribution in [-0.2, 0) is 9.31 Å². The van der Waals surface area contributed by atoms with Crippen molar-refractivity contribution < 1.29 is 13.7 Å². The number of nitrogens with zero attached hydrogens (tertiary/aromatic N) is 1. The topological polar surface area (TPSA) is 21.7 Å². The minimum atomic E-state index is -0.954. The Morgan fingerprint density at radius 1 is 1.04 bits per heavy atom. The summed E-state index contributed by atoms with van der Waals surface area (Å²) >= 11 is 0. The van der Waals surface area contributed by atoms with Crippen molar-refractivity contribution in [1.29, 1.82) is 0 Å². The molecule has 0 aliphatic carbocycles. The summed E-state index contributed by atoms with van der Waals surface area (Å²) in [7, 11) is -0.954. The van der Waals surface area contributed by atoms with E-state index in [0.717, 1.165) is 25.2 Å². The molecule has 1 atom stereocenters. The molecule has 3 rings (SSSR count). The average molecular weight is 387 g/mol. The second-order valence-corrected chi connectivity index (χ2v) is 9.48. The molecule has 1 unspecified atom stereocenters. The van der Waals surface area contributed by atoms with E-state index in [2.05, 4.69) is 18.7 Å². The fraction of sp³-hybridized carbons (Fsp3) is 0.652. The summed E-state index contributed by atoms with van der Waals surface area (Å²) in [5.41, 5.74) is 1.41. The first-order valence-corrected chi connectivity index (χ1v) is 10.7. The highest BCUT2D eigenvalue weighted by Crippen LogP contribution is 2.41. The lowest BCUT2D eigenvalue weighted by Crippen LogP contribution is -2.41. The molecule has 2 heterocycles. The Labute approximate surface area is 170 Å². The standard InChI is InChI=1S/C23H35BFNO2/c1-17-10-12-19(13-11-17)20(18(2)16-26-14-8-7-9-15-26)21(25)24-27-22(3,4)23(5,6)28-24/h10-13,18H,7-9,14-16H2,1-6H3. The van der Waals surface area contributed by atoms with Gasteiger partial charge in [-0.1, -0.05) is 43.2 Å². The second-order valence-electron chi connectivity index (χ2n) is 9.48. The molecule has 1 aromatic carbocycles. The molecule has 0 saturated carbocycles. The van der Waals surface area contributed by atoms with Crippen molar-refractivity contribution in [3.8, 4) is 0 Å². The molecule has 0 radical (unpaired) electrons. The summed E-state index contributed by atoms with van der Waals surface area (Å²) in [6.07, 6.45) is 3.76. The highest BCUT2D eigenvalue weighted by atomic mass is 19.1. The van der Waals surface area contributed by atoms with Gasteiger partial charge in [0.15, 0.2) is 0 Å². The summed E-state index contributed by atoms with van der Waals surface area (Å²) < 4.78 is 27.9. The third-order valence-corrected chi connectivity index (χ3v) is 6.55. The fourth-order valence-electron chi connectivity index (χ4n) is 4.08. The van der Waals surface area contributed by atoms with Gasteiger partial charge in [-0.2, -0.15) is 0 Å². The number of aryl methyl sites for hydroxylation is 1. The molecule has 5 heteroatoms. The van der Waals surface area contributed by atoms with Gasteiger partial charge >= 0.3 is 7.12 Å². The van der Waals surface area contributed by atoms with Crippen LogP contribution in [-0.4, -0.2) is 42.9 Å². The van der Waals surface area contributed by atoms with E-state index in [1.54, 1.807) is 0 Å². The van der Waals surface area contributed by atoms with Crippen LogP contribution in [0, 0.1) is 12.8 Å². The molecule has 0 amide bonds. The molecule has 0 aromatic heterocycles. The molecule has 2 fully saturated rings. The van der Waals surface area contributed by atoms with Gasteiger partial charge in [0.25, 0.3) is 0 Å². The summed E-state index contributed by atoms with van der Waals surface area (Å²) in [6, 6.07) is 8.12. The Bertz CT molecular complexity index is 692. The van der Waals surface area contributed by atoms with Crippen molar-refractivity contribution in [3.63, 3.8) is 0 Å². The molecule has 3 nitrogen and oxygen atoms in total. The number of piperidine rings is 1. The van der Waals surface area contributed by atoms with Gasteiger partial charge in [-0.05, 0) is 77.6 Å². The van der Waals surface area contributed by atoms with Gasteiger partial charge in [0.05, 0.1) is 11.2 Å². The molecule has 2 aliphatic rings. The van der Waals surface area contributed by atoms with Gasteiger partial charge in [0.1, 0.15) is 5.73 Å². The van der Waals surface area contributed by atoms with Crippen LogP contribution in [0.25, 0.3) is 5.57 Å². The van der Waals surface area contributed by atoms with Crippen molar-refractivity contribution in [1.82, 2.24) is 4.90 Å². The number of rotatable bonds is 5. The Kier molecular flexibility index (Phi) is 6.38. The van der Waals surface area contributed by atoms with Crippen molar-refractivity contribution in [3.05, 3.63) is 41.1 Å². The molecule has 0 N–H and O–H groups in total. The molecule has 2 aliphatic heterocycles. The maximum Gasteiger partial charge on any atom is 0.525 e. The molecule has 28 heavy (non-hydrogen) atoms. The van der Waals surface area contributed by atoms with Crippen LogP contribution in [0.5, 0.6) is 0 Å². The highest BCUT2D eigenvalue weighted by molar-refractivity contribution is 6.55. The minimum Gasteiger partial charge on any atom is -0.398 e. The van der Waals surface area contributed by atoms with E-state index in [1.807, 2.05) is 52.0 Å².